The summed E-state index contributed by atoms with van der Waals surface area (Å²) in [6.45, 7) is 0. The Labute approximate surface area is 254 Å². The molecule has 0 amide bonds. The molecule has 3 nitrogen and oxygen atoms in total. The van der Waals surface area contributed by atoms with Crippen molar-refractivity contribution < 1.29 is 14.7 Å². The second kappa shape index (κ2) is 13.1. The van der Waals surface area contributed by atoms with Crippen LogP contribution in [-0.4, -0.2) is 17.4 Å². The Balaban J connectivity index is 1.52. The predicted molar refractivity (Wildman–Crippen MR) is 182 cm³/mol. The van der Waals surface area contributed by atoms with Crippen molar-refractivity contribution >= 4 is 59.9 Å². The van der Waals surface area contributed by atoms with Gasteiger partial charge in [-0.05, 0) is 70.9 Å². The summed E-state index contributed by atoms with van der Waals surface area (Å²) < 4.78 is 0. The first kappa shape index (κ1) is 28.4. The molecule has 208 valence electrons. The highest BCUT2D eigenvalue weighted by atomic mass is 31.1. The van der Waals surface area contributed by atoms with Gasteiger partial charge in [0.1, 0.15) is 0 Å². The van der Waals surface area contributed by atoms with Crippen molar-refractivity contribution in [3.63, 3.8) is 0 Å². The number of rotatable bonds is 9. The van der Waals surface area contributed by atoms with Crippen molar-refractivity contribution in [2.45, 2.75) is 0 Å². The van der Waals surface area contributed by atoms with Crippen molar-refractivity contribution in [1.82, 2.24) is 0 Å². The highest BCUT2D eigenvalue weighted by molar-refractivity contribution is 7.80. The zero-order chi connectivity index (χ0) is 29.6. The van der Waals surface area contributed by atoms with Gasteiger partial charge in [-0.25, -0.2) is 4.79 Å². The quantitative estimate of drug-likeness (QED) is 0.156. The Morgan fingerprint density at radius 3 is 1.53 bits per heavy atom. The minimum atomic E-state index is -1.18. The van der Waals surface area contributed by atoms with Crippen LogP contribution in [0.3, 0.4) is 0 Å². The summed E-state index contributed by atoms with van der Waals surface area (Å²) >= 11 is 0. The van der Waals surface area contributed by atoms with Crippen LogP contribution in [0.5, 0.6) is 0 Å². The molecule has 1 atom stereocenters. The van der Waals surface area contributed by atoms with Gasteiger partial charge in [0.05, 0.1) is 5.56 Å². The Morgan fingerprint density at radius 2 is 0.977 bits per heavy atom. The molecule has 0 radical (unpaired) electrons. The second-order valence-electron chi connectivity index (χ2n) is 9.91. The van der Waals surface area contributed by atoms with Crippen LogP contribution in [0.15, 0.2) is 158 Å². The standard InChI is InChI=1S/C38H28O3P2/c39-27-35-33(23-13-25-37(35)42(29-15-4-1-5-16-29)30-17-6-2-7-18-30)28-14-12-21-32(26-28)43(31-19-8-3-9-20-31)36-24-11-10-22-34(36)38(40)41/h1-27H,(H,40,41). The molecule has 1 N–H and O–H groups in total. The Morgan fingerprint density at radius 1 is 0.512 bits per heavy atom. The summed E-state index contributed by atoms with van der Waals surface area (Å²) in [5.74, 6) is -0.943. The van der Waals surface area contributed by atoms with E-state index < -0.39 is 21.8 Å². The largest absolute Gasteiger partial charge is 0.478 e. The fourth-order valence-corrected chi connectivity index (χ4v) is 10.3. The van der Waals surface area contributed by atoms with Gasteiger partial charge in [0.15, 0.2) is 6.29 Å². The van der Waals surface area contributed by atoms with E-state index in [1.807, 2.05) is 91.0 Å². The van der Waals surface area contributed by atoms with E-state index in [0.717, 1.165) is 38.6 Å². The fraction of sp³-hybridized carbons (Fsp3) is 0. The Hall–Kier alpha value is -4.68. The first-order valence-corrected chi connectivity index (χ1v) is 16.6. The summed E-state index contributed by atoms with van der Waals surface area (Å²) in [6, 6.07) is 52.4. The Kier molecular flexibility index (Phi) is 8.66. The molecule has 43 heavy (non-hydrogen) atoms. The van der Waals surface area contributed by atoms with Crippen molar-refractivity contribution in [3.05, 3.63) is 169 Å². The summed E-state index contributed by atoms with van der Waals surface area (Å²) in [4.78, 5) is 25.2. The molecule has 1 unspecified atom stereocenters. The van der Waals surface area contributed by atoms with Gasteiger partial charge in [-0.1, -0.05) is 146 Å². The molecule has 5 heteroatoms. The van der Waals surface area contributed by atoms with Crippen LogP contribution in [0.2, 0.25) is 0 Å². The van der Waals surface area contributed by atoms with Crippen molar-refractivity contribution in [2.24, 2.45) is 0 Å². The molecule has 6 aromatic rings. The molecule has 0 spiro atoms. The maximum atomic E-state index is 12.9. The lowest BCUT2D eigenvalue weighted by molar-refractivity contribution is 0.0698. The number of aldehydes is 1. The van der Waals surface area contributed by atoms with Gasteiger partial charge in [-0.3, -0.25) is 4.79 Å². The van der Waals surface area contributed by atoms with Gasteiger partial charge >= 0.3 is 5.97 Å². The van der Waals surface area contributed by atoms with Crippen LogP contribution < -0.4 is 31.8 Å². The predicted octanol–water partition coefficient (Wildman–Crippen LogP) is 6.38. The number of carboxylic acid groups (broad SMARTS) is 1. The molecule has 0 saturated carbocycles. The number of hydrogen-bond donors (Lipinski definition) is 1. The summed E-state index contributed by atoms with van der Waals surface area (Å²) in [7, 11) is -2.15. The zero-order valence-electron chi connectivity index (χ0n) is 23.2. The molecule has 0 aliphatic carbocycles. The van der Waals surface area contributed by atoms with Gasteiger partial charge < -0.3 is 5.11 Å². The topological polar surface area (TPSA) is 54.4 Å². The SMILES string of the molecule is O=Cc1c(-c2cccc(P(c3ccccc3)c3ccccc3C(=O)O)c2)cccc1P(c1ccccc1)c1ccccc1. The first-order valence-electron chi connectivity index (χ1n) is 13.9. The van der Waals surface area contributed by atoms with Crippen LogP contribution in [-0.2, 0) is 0 Å². The highest BCUT2D eigenvalue weighted by Crippen LogP contribution is 2.38. The third kappa shape index (κ3) is 5.97. The lowest BCUT2D eigenvalue weighted by Gasteiger charge is -2.23. The number of benzene rings is 6. The molecular weight excluding hydrogens is 566 g/mol. The van der Waals surface area contributed by atoms with Crippen LogP contribution >= 0.6 is 15.8 Å². The molecule has 0 saturated heterocycles. The maximum Gasteiger partial charge on any atom is 0.336 e. The Bertz CT molecular complexity index is 1830. The molecule has 0 fully saturated rings. The van der Waals surface area contributed by atoms with Crippen LogP contribution in [0, 0.1) is 0 Å². The van der Waals surface area contributed by atoms with E-state index in [-0.39, 0.29) is 0 Å². The van der Waals surface area contributed by atoms with Crippen molar-refractivity contribution in [2.75, 3.05) is 0 Å². The van der Waals surface area contributed by atoms with Gasteiger partial charge in [0.2, 0.25) is 0 Å². The summed E-state index contributed by atoms with van der Waals surface area (Å²) in [5, 5.41) is 16.3. The number of aromatic carboxylic acids is 1. The average molecular weight is 595 g/mol. The van der Waals surface area contributed by atoms with E-state index in [1.54, 1.807) is 12.1 Å². The molecule has 0 heterocycles. The van der Waals surface area contributed by atoms with E-state index in [4.69, 9.17) is 0 Å². The smallest absolute Gasteiger partial charge is 0.336 e. The zero-order valence-corrected chi connectivity index (χ0v) is 25.0. The summed E-state index contributed by atoms with van der Waals surface area (Å²) in [5.41, 5.74) is 2.76. The van der Waals surface area contributed by atoms with Crippen molar-refractivity contribution in [3.8, 4) is 11.1 Å². The number of carboxylic acids is 1. The molecular formula is C38H28O3P2. The van der Waals surface area contributed by atoms with E-state index in [0.29, 0.717) is 11.1 Å². The van der Waals surface area contributed by atoms with Gasteiger partial charge in [-0.15, -0.1) is 0 Å². The molecule has 0 aliphatic heterocycles. The molecule has 6 aromatic carbocycles. The van der Waals surface area contributed by atoms with Crippen LogP contribution in [0.1, 0.15) is 20.7 Å². The number of hydrogen-bond acceptors (Lipinski definition) is 2. The van der Waals surface area contributed by atoms with Gasteiger partial charge in [0, 0.05) is 5.56 Å². The number of carbonyl (C=O) groups excluding carboxylic acids is 1. The molecule has 6 rings (SSSR count). The fourth-order valence-electron chi connectivity index (χ4n) is 5.37. The minimum Gasteiger partial charge on any atom is -0.478 e. The van der Waals surface area contributed by atoms with Gasteiger partial charge in [-0.2, -0.15) is 0 Å². The summed E-state index contributed by atoms with van der Waals surface area (Å²) in [6.07, 6.45) is 0.984. The average Bonchev–Trinajstić information content (AvgIpc) is 3.07. The van der Waals surface area contributed by atoms with E-state index in [2.05, 4.69) is 54.6 Å². The van der Waals surface area contributed by atoms with Gasteiger partial charge in [0.25, 0.3) is 0 Å². The van der Waals surface area contributed by atoms with E-state index in [9.17, 15) is 14.7 Å². The van der Waals surface area contributed by atoms with Crippen LogP contribution in [0.25, 0.3) is 11.1 Å². The lowest BCUT2D eigenvalue weighted by atomic mass is 10.0. The molecule has 0 aliphatic rings. The second-order valence-corrected chi connectivity index (χ2v) is 14.3. The third-order valence-corrected chi connectivity index (χ3v) is 12.3. The van der Waals surface area contributed by atoms with Crippen LogP contribution in [0.4, 0.5) is 0 Å². The highest BCUT2D eigenvalue weighted by Gasteiger charge is 2.24. The van der Waals surface area contributed by atoms with E-state index >= 15 is 0 Å². The molecule has 0 bridgehead atoms. The minimum absolute atomic E-state index is 0.301. The third-order valence-electron chi connectivity index (χ3n) is 7.28. The molecule has 0 aromatic heterocycles. The number of carbonyl (C=O) groups is 2. The van der Waals surface area contributed by atoms with E-state index in [1.165, 1.54) is 10.6 Å². The first-order chi connectivity index (χ1) is 21.2. The monoisotopic (exact) mass is 594 g/mol. The maximum absolute atomic E-state index is 12.9. The normalized spacial score (nSPS) is 11.7. The van der Waals surface area contributed by atoms with Crippen molar-refractivity contribution in [1.29, 1.82) is 0 Å². The lowest BCUT2D eigenvalue weighted by Crippen LogP contribution is -2.25.